The summed E-state index contributed by atoms with van der Waals surface area (Å²) in [4.78, 5) is 0. The second-order valence-electron chi connectivity index (χ2n) is 0.289. The molecule has 0 fully saturated rings. The summed E-state index contributed by atoms with van der Waals surface area (Å²) in [5.41, 5.74) is 0. The Hall–Kier alpha value is 1.23. The van der Waals surface area contributed by atoms with E-state index >= 15 is 0 Å². The molecule has 0 aliphatic carbocycles. The third-order valence-electron chi connectivity index (χ3n) is 0. The van der Waals surface area contributed by atoms with Crippen LogP contribution in [0.15, 0.2) is 0 Å². The molecule has 0 bridgehead atoms. The van der Waals surface area contributed by atoms with Crippen LogP contribution in [0.2, 0.25) is 0 Å². The molecule has 0 aromatic heterocycles. The van der Waals surface area contributed by atoms with Gasteiger partial charge in [-0.3, -0.25) is 7.32 Å². The summed E-state index contributed by atoms with van der Waals surface area (Å²) in [6, 6.07) is 0. The molecular formula is H2BGdO4. The van der Waals surface area contributed by atoms with Gasteiger partial charge in [0, 0.05) is 0 Å². The van der Waals surface area contributed by atoms with Crippen LogP contribution in [0.1, 0.15) is 0 Å². The summed E-state index contributed by atoms with van der Waals surface area (Å²) >= 11 is 0. The van der Waals surface area contributed by atoms with E-state index in [1.165, 1.54) is 0 Å². The fourth-order valence-electron chi connectivity index (χ4n) is 0. The molecular weight excluding hydrogens is 232 g/mol. The molecule has 0 aliphatic heterocycles. The standard InChI is InChI=1S/BO3.Gd.H2O/c2-1(3)4;;/h;;1H2/q-3;+3;. The summed E-state index contributed by atoms with van der Waals surface area (Å²) in [5, 5.41) is 25.2. The van der Waals surface area contributed by atoms with Crippen molar-refractivity contribution in [3.8, 4) is 0 Å². The first-order valence-corrected chi connectivity index (χ1v) is 0.707. The Kier molecular flexibility index (Phi) is 24.9. The van der Waals surface area contributed by atoms with E-state index in [-0.39, 0.29) is 45.4 Å². The molecule has 4 nitrogen and oxygen atoms in total. The Bertz CT molecular complexity index is 12.3. The number of rotatable bonds is 0. The van der Waals surface area contributed by atoms with Gasteiger partial charge in [-0.2, -0.15) is 0 Å². The van der Waals surface area contributed by atoms with Crippen LogP contribution in [0.5, 0.6) is 0 Å². The summed E-state index contributed by atoms with van der Waals surface area (Å²) in [5.74, 6) is 0. The SMILES string of the molecule is O.[Gd+3].[O-]B([O-])[O-]. The van der Waals surface area contributed by atoms with Crippen molar-refractivity contribution in [1.29, 1.82) is 0 Å². The van der Waals surface area contributed by atoms with Gasteiger partial charge in [0.25, 0.3) is 0 Å². The van der Waals surface area contributed by atoms with Crippen molar-refractivity contribution in [2.24, 2.45) is 0 Å². The van der Waals surface area contributed by atoms with Gasteiger partial charge in [-0.15, -0.1) is 0 Å². The molecule has 0 amide bonds. The average Bonchev–Trinajstić information content (AvgIpc) is 0.811. The minimum Gasteiger partial charge on any atom is -0.907 e. The Morgan fingerprint density at radius 3 is 1.00 bits per heavy atom. The first-order valence-electron chi connectivity index (χ1n) is 0.707. The van der Waals surface area contributed by atoms with Crippen molar-refractivity contribution in [3.05, 3.63) is 0 Å². The third-order valence-corrected chi connectivity index (χ3v) is 0. The molecule has 0 spiro atoms. The molecule has 0 heterocycles. The third kappa shape index (κ3) is 61.9. The topological polar surface area (TPSA) is 101 Å². The van der Waals surface area contributed by atoms with Gasteiger partial charge < -0.3 is 20.5 Å². The molecule has 0 atom stereocenters. The maximum atomic E-state index is 8.42. The predicted octanol–water partition coefficient (Wildman–Crippen LogP) is -4.77. The quantitative estimate of drug-likeness (QED) is 0.393. The van der Waals surface area contributed by atoms with E-state index in [1.54, 1.807) is 0 Å². The van der Waals surface area contributed by atoms with Crippen molar-refractivity contribution in [2.75, 3.05) is 0 Å². The molecule has 0 aliphatic rings. The van der Waals surface area contributed by atoms with Crippen LogP contribution in [-0.2, 0) is 0 Å². The van der Waals surface area contributed by atoms with E-state index in [9.17, 15) is 0 Å². The van der Waals surface area contributed by atoms with Crippen molar-refractivity contribution < 1.29 is 60.5 Å². The van der Waals surface area contributed by atoms with Gasteiger partial charge in [0.05, 0.1) is 0 Å². The summed E-state index contributed by atoms with van der Waals surface area (Å²) in [7, 11) is -2.92. The molecule has 0 unspecified atom stereocenters. The van der Waals surface area contributed by atoms with Crippen molar-refractivity contribution in [2.45, 2.75) is 0 Å². The van der Waals surface area contributed by atoms with Crippen LogP contribution in [-0.4, -0.2) is 12.8 Å². The second kappa shape index (κ2) is 9.52. The average molecular weight is 234 g/mol. The molecule has 2 N–H and O–H groups in total. The van der Waals surface area contributed by atoms with E-state index in [1.807, 2.05) is 0 Å². The number of hydrogen-bond donors (Lipinski definition) is 0. The monoisotopic (exact) mass is 235 g/mol. The summed E-state index contributed by atoms with van der Waals surface area (Å²) in [6.45, 7) is 0. The van der Waals surface area contributed by atoms with Gasteiger partial charge in [0.1, 0.15) is 0 Å². The van der Waals surface area contributed by atoms with Crippen LogP contribution in [0.4, 0.5) is 0 Å². The van der Waals surface area contributed by atoms with Gasteiger partial charge >= 0.3 is 39.9 Å². The predicted molar refractivity (Wildman–Crippen MR) is 9.37 cm³/mol. The Morgan fingerprint density at radius 1 is 1.00 bits per heavy atom. The van der Waals surface area contributed by atoms with Gasteiger partial charge in [-0.25, -0.2) is 0 Å². The maximum absolute atomic E-state index is 8.42. The van der Waals surface area contributed by atoms with Crippen molar-refractivity contribution >= 4 is 7.32 Å². The summed E-state index contributed by atoms with van der Waals surface area (Å²) in [6.07, 6.45) is 0. The van der Waals surface area contributed by atoms with E-state index in [0.29, 0.717) is 0 Å². The van der Waals surface area contributed by atoms with Crippen LogP contribution < -0.4 is 15.1 Å². The van der Waals surface area contributed by atoms with Gasteiger partial charge in [-0.05, 0) is 0 Å². The van der Waals surface area contributed by atoms with Crippen molar-refractivity contribution in [1.82, 2.24) is 0 Å². The van der Waals surface area contributed by atoms with E-state index in [0.717, 1.165) is 0 Å². The van der Waals surface area contributed by atoms with Crippen LogP contribution in [0.25, 0.3) is 0 Å². The molecule has 0 aromatic rings. The molecule has 37 valence electrons. The fourth-order valence-corrected chi connectivity index (χ4v) is 0. The number of hydrogen-bond acceptors (Lipinski definition) is 3. The van der Waals surface area contributed by atoms with Crippen molar-refractivity contribution in [3.63, 3.8) is 0 Å². The van der Waals surface area contributed by atoms with E-state index in [4.69, 9.17) is 15.1 Å². The molecule has 0 saturated heterocycles. The first-order chi connectivity index (χ1) is 1.73. The van der Waals surface area contributed by atoms with Gasteiger partial charge in [0.15, 0.2) is 0 Å². The molecule has 0 rings (SSSR count). The Labute approximate surface area is 67.4 Å². The van der Waals surface area contributed by atoms with E-state index in [2.05, 4.69) is 0 Å². The van der Waals surface area contributed by atoms with E-state index < -0.39 is 7.32 Å². The van der Waals surface area contributed by atoms with Gasteiger partial charge in [0.2, 0.25) is 0 Å². The fraction of sp³-hybridized carbons (Fsp3) is 0. The minimum absolute atomic E-state index is 0. The summed E-state index contributed by atoms with van der Waals surface area (Å²) < 4.78 is 0. The first kappa shape index (κ1) is 15.7. The molecule has 0 aromatic carbocycles. The zero-order chi connectivity index (χ0) is 3.58. The Morgan fingerprint density at radius 2 is 1.00 bits per heavy atom. The molecule has 6 heavy (non-hydrogen) atoms. The van der Waals surface area contributed by atoms with Crippen LogP contribution in [0.3, 0.4) is 0 Å². The maximum Gasteiger partial charge on any atom is 3.00 e. The molecule has 6 heteroatoms. The molecule has 1 radical (unpaired) electrons. The molecule has 0 saturated carbocycles. The van der Waals surface area contributed by atoms with Crippen LogP contribution in [0, 0.1) is 39.9 Å². The largest absolute Gasteiger partial charge is 3.00 e. The van der Waals surface area contributed by atoms with Crippen LogP contribution >= 0.6 is 0 Å². The van der Waals surface area contributed by atoms with Gasteiger partial charge in [-0.1, -0.05) is 0 Å². The second-order valence-corrected chi connectivity index (χ2v) is 0.289. The zero-order valence-electron chi connectivity index (χ0n) is 2.66. The Balaban J connectivity index is -0.0000000450. The minimum atomic E-state index is -2.92. The zero-order valence-corrected chi connectivity index (χ0v) is 4.92. The smallest absolute Gasteiger partial charge is 0.907 e. The normalized spacial score (nSPS) is 4.50.